The normalized spacial score (nSPS) is 16.0. The van der Waals surface area contributed by atoms with Gasteiger partial charge in [-0.15, -0.1) is 0 Å². The first-order chi connectivity index (χ1) is 14.1. The van der Waals surface area contributed by atoms with E-state index in [1.807, 2.05) is 43.3 Å². The molecular formula is C23H18N2O4. The van der Waals surface area contributed by atoms with Crippen molar-refractivity contribution < 1.29 is 18.7 Å². The minimum Gasteiger partial charge on any atom is -0.507 e. The largest absolute Gasteiger partial charge is 0.507 e. The molecule has 1 atom stereocenters. The van der Waals surface area contributed by atoms with Crippen molar-refractivity contribution in [3.63, 3.8) is 0 Å². The number of aromatic hydroxyl groups is 1. The number of ketones is 1. The number of nitrogens with one attached hydrogen (secondary N) is 1. The lowest BCUT2D eigenvalue weighted by molar-refractivity contribution is 0.101. The van der Waals surface area contributed by atoms with E-state index in [0.717, 1.165) is 22.4 Å². The van der Waals surface area contributed by atoms with E-state index in [1.165, 1.54) is 0 Å². The predicted molar refractivity (Wildman–Crippen MR) is 108 cm³/mol. The van der Waals surface area contributed by atoms with Crippen molar-refractivity contribution in [2.45, 2.75) is 19.4 Å². The van der Waals surface area contributed by atoms with Crippen LogP contribution in [0.2, 0.25) is 0 Å². The Morgan fingerprint density at radius 3 is 2.76 bits per heavy atom. The number of carbonyl (C=O) groups is 1. The summed E-state index contributed by atoms with van der Waals surface area (Å²) in [6.45, 7) is 1.85. The number of nitrogens with zero attached hydrogens (tertiary/aromatic N) is 1. The molecule has 0 radical (unpaired) electrons. The van der Waals surface area contributed by atoms with Gasteiger partial charge in [0.25, 0.3) is 0 Å². The van der Waals surface area contributed by atoms with Crippen LogP contribution in [-0.4, -0.2) is 16.6 Å². The second kappa shape index (κ2) is 6.67. The molecule has 0 bridgehead atoms. The molecule has 0 saturated carbocycles. The van der Waals surface area contributed by atoms with Gasteiger partial charge in [-0.2, -0.15) is 5.10 Å². The van der Waals surface area contributed by atoms with E-state index in [9.17, 15) is 9.90 Å². The average Bonchev–Trinajstić information content (AvgIpc) is 3.48. The molecule has 5 rings (SSSR count). The summed E-state index contributed by atoms with van der Waals surface area (Å²) in [5, 5.41) is 15.7. The third-order valence-corrected chi connectivity index (χ3v) is 5.25. The Labute approximate surface area is 166 Å². The fourth-order valence-electron chi connectivity index (χ4n) is 3.69. The first kappa shape index (κ1) is 17.3. The van der Waals surface area contributed by atoms with Gasteiger partial charge in [-0.05, 0) is 25.1 Å². The van der Waals surface area contributed by atoms with Crippen molar-refractivity contribution in [2.75, 3.05) is 0 Å². The van der Waals surface area contributed by atoms with Gasteiger partial charge in [0.05, 0.1) is 12.0 Å². The van der Waals surface area contributed by atoms with E-state index in [4.69, 9.17) is 8.83 Å². The summed E-state index contributed by atoms with van der Waals surface area (Å²) in [5.74, 6) is 0.950. The molecule has 1 aliphatic rings. The summed E-state index contributed by atoms with van der Waals surface area (Å²) < 4.78 is 11.3. The SMILES string of the molecule is Cc1c(C(=O)c2ccccc2)oc2cc(O)c(C3=NNC(c4ccco4)C3)cc12. The van der Waals surface area contributed by atoms with E-state index in [1.54, 1.807) is 24.5 Å². The van der Waals surface area contributed by atoms with E-state index in [-0.39, 0.29) is 23.3 Å². The quantitative estimate of drug-likeness (QED) is 0.496. The second-order valence-electron chi connectivity index (χ2n) is 7.08. The van der Waals surface area contributed by atoms with Crippen LogP contribution in [0.25, 0.3) is 11.0 Å². The highest BCUT2D eigenvalue weighted by Gasteiger charge is 2.27. The Bertz CT molecular complexity index is 1240. The third kappa shape index (κ3) is 2.89. The Morgan fingerprint density at radius 2 is 2.00 bits per heavy atom. The molecule has 2 aromatic carbocycles. The highest BCUT2D eigenvalue weighted by atomic mass is 16.3. The molecule has 1 aliphatic heterocycles. The molecule has 0 saturated heterocycles. The molecule has 144 valence electrons. The van der Waals surface area contributed by atoms with Gasteiger partial charge in [0, 0.05) is 34.6 Å². The van der Waals surface area contributed by atoms with Crippen LogP contribution in [0, 0.1) is 6.92 Å². The van der Waals surface area contributed by atoms with Crippen LogP contribution in [0.15, 0.2) is 74.8 Å². The number of aryl methyl sites for hydroxylation is 1. The Hall–Kier alpha value is -3.80. The topological polar surface area (TPSA) is 88.0 Å². The number of hydrazone groups is 1. The highest BCUT2D eigenvalue weighted by molar-refractivity contribution is 6.12. The van der Waals surface area contributed by atoms with E-state index < -0.39 is 0 Å². The fourth-order valence-corrected chi connectivity index (χ4v) is 3.69. The van der Waals surface area contributed by atoms with Crippen molar-refractivity contribution in [1.29, 1.82) is 0 Å². The lowest BCUT2D eigenvalue weighted by Gasteiger charge is -2.06. The fraction of sp³-hybridized carbons (Fsp3) is 0.130. The van der Waals surface area contributed by atoms with Gasteiger partial charge in [0.1, 0.15) is 23.1 Å². The minimum absolute atomic E-state index is 0.0607. The average molecular weight is 386 g/mol. The number of phenols is 1. The summed E-state index contributed by atoms with van der Waals surface area (Å²) >= 11 is 0. The molecule has 6 nitrogen and oxygen atoms in total. The zero-order valence-electron chi connectivity index (χ0n) is 15.7. The van der Waals surface area contributed by atoms with Crippen molar-refractivity contribution in [3.8, 4) is 5.75 Å². The van der Waals surface area contributed by atoms with E-state index in [0.29, 0.717) is 23.1 Å². The number of fused-ring (bicyclic) bond motifs is 1. The van der Waals surface area contributed by atoms with Gasteiger partial charge >= 0.3 is 0 Å². The Kier molecular flexibility index (Phi) is 3.98. The highest BCUT2D eigenvalue weighted by Crippen LogP contribution is 2.35. The predicted octanol–water partition coefficient (Wildman–Crippen LogP) is 4.71. The number of carbonyl (C=O) groups excluding carboxylic acids is 1. The zero-order chi connectivity index (χ0) is 20.0. The lowest BCUT2D eigenvalue weighted by atomic mass is 9.99. The first-order valence-corrected chi connectivity index (χ1v) is 9.33. The van der Waals surface area contributed by atoms with Gasteiger partial charge in [-0.1, -0.05) is 30.3 Å². The van der Waals surface area contributed by atoms with Gasteiger partial charge in [0.15, 0.2) is 5.76 Å². The van der Waals surface area contributed by atoms with Crippen molar-refractivity contribution >= 4 is 22.5 Å². The minimum atomic E-state index is -0.182. The van der Waals surface area contributed by atoms with Gasteiger partial charge in [-0.25, -0.2) is 0 Å². The monoisotopic (exact) mass is 386 g/mol. The molecule has 1 unspecified atom stereocenters. The van der Waals surface area contributed by atoms with Gasteiger partial charge in [0.2, 0.25) is 5.78 Å². The summed E-state index contributed by atoms with van der Waals surface area (Å²) in [5.41, 5.74) is 6.15. The summed E-state index contributed by atoms with van der Waals surface area (Å²) in [7, 11) is 0. The molecule has 29 heavy (non-hydrogen) atoms. The maximum absolute atomic E-state index is 12.8. The molecule has 2 N–H and O–H groups in total. The maximum atomic E-state index is 12.8. The number of furan rings is 2. The van der Waals surface area contributed by atoms with Crippen LogP contribution in [0.1, 0.15) is 45.5 Å². The number of benzene rings is 2. The van der Waals surface area contributed by atoms with Crippen LogP contribution < -0.4 is 5.43 Å². The number of hydrogen-bond acceptors (Lipinski definition) is 6. The summed E-state index contributed by atoms with van der Waals surface area (Å²) in [4.78, 5) is 12.8. The van der Waals surface area contributed by atoms with Gasteiger partial charge < -0.3 is 13.9 Å². The molecule has 0 aliphatic carbocycles. The molecule has 6 heteroatoms. The number of hydrogen-bond donors (Lipinski definition) is 2. The Morgan fingerprint density at radius 1 is 1.17 bits per heavy atom. The van der Waals surface area contributed by atoms with Gasteiger partial charge in [-0.3, -0.25) is 10.2 Å². The van der Waals surface area contributed by atoms with Crippen LogP contribution in [0.3, 0.4) is 0 Å². The van der Waals surface area contributed by atoms with Crippen LogP contribution in [0.5, 0.6) is 5.75 Å². The lowest BCUT2D eigenvalue weighted by Crippen LogP contribution is -2.08. The van der Waals surface area contributed by atoms with Crippen molar-refractivity contribution in [2.24, 2.45) is 5.10 Å². The molecule has 3 heterocycles. The number of phenolic OH excluding ortho intramolecular Hbond substituents is 1. The first-order valence-electron chi connectivity index (χ1n) is 9.33. The molecule has 0 fully saturated rings. The Balaban J connectivity index is 1.52. The standard InChI is InChI=1S/C23H18N2O4/c1-13-15-10-16(17-11-18(25-24-17)20-8-5-9-28-20)19(26)12-21(15)29-23(13)22(27)14-6-3-2-4-7-14/h2-10,12,18,25-26H,11H2,1H3. The molecule has 0 amide bonds. The molecular weight excluding hydrogens is 368 g/mol. The summed E-state index contributed by atoms with van der Waals surface area (Å²) in [6, 6.07) is 16.0. The van der Waals surface area contributed by atoms with Crippen LogP contribution >= 0.6 is 0 Å². The second-order valence-corrected chi connectivity index (χ2v) is 7.08. The van der Waals surface area contributed by atoms with Crippen molar-refractivity contribution in [3.05, 3.63) is 89.1 Å². The van der Waals surface area contributed by atoms with Crippen LogP contribution in [-0.2, 0) is 0 Å². The van der Waals surface area contributed by atoms with Crippen LogP contribution in [0.4, 0.5) is 0 Å². The van der Waals surface area contributed by atoms with Crippen molar-refractivity contribution in [1.82, 2.24) is 5.43 Å². The smallest absolute Gasteiger partial charge is 0.228 e. The van der Waals surface area contributed by atoms with E-state index >= 15 is 0 Å². The molecule has 0 spiro atoms. The zero-order valence-corrected chi connectivity index (χ0v) is 15.7. The van der Waals surface area contributed by atoms with E-state index in [2.05, 4.69) is 10.5 Å². The molecule has 2 aromatic heterocycles. The molecule has 4 aromatic rings. The third-order valence-electron chi connectivity index (χ3n) is 5.25. The number of rotatable bonds is 4. The summed E-state index contributed by atoms with van der Waals surface area (Å²) in [6.07, 6.45) is 2.21. The maximum Gasteiger partial charge on any atom is 0.228 e.